The molecule has 8 nitrogen and oxygen atoms in total. The maximum atomic E-state index is 12.0. The first-order valence-corrected chi connectivity index (χ1v) is 10.7. The standard InChI is InChI=1S/C23H26BrN3O5/c1-4-12-32-23-19(24)13-16(14-20(23)30-3)15-25-27-22(29)11-10-21(28)26-17-6-8-18(9-7-17)31-5-2/h4,6-9,13-15H,1,5,10-12H2,2-3H3,(H,26,28)(H,27,29). The van der Waals surface area contributed by atoms with Crippen LogP contribution < -0.4 is 25.0 Å². The van der Waals surface area contributed by atoms with Crippen LogP contribution in [0.1, 0.15) is 25.3 Å². The highest BCUT2D eigenvalue weighted by atomic mass is 79.9. The van der Waals surface area contributed by atoms with Gasteiger partial charge in [-0.05, 0) is 64.8 Å². The van der Waals surface area contributed by atoms with Crippen molar-refractivity contribution in [2.75, 3.05) is 25.6 Å². The van der Waals surface area contributed by atoms with Crippen molar-refractivity contribution in [1.29, 1.82) is 0 Å². The van der Waals surface area contributed by atoms with Crippen LogP contribution in [0.5, 0.6) is 17.2 Å². The number of carbonyl (C=O) groups is 2. The number of hydrazone groups is 1. The van der Waals surface area contributed by atoms with Crippen LogP contribution >= 0.6 is 15.9 Å². The quantitative estimate of drug-likeness (QED) is 0.255. The molecule has 0 aliphatic carbocycles. The minimum absolute atomic E-state index is 0.00154. The summed E-state index contributed by atoms with van der Waals surface area (Å²) in [6.07, 6.45) is 3.14. The van der Waals surface area contributed by atoms with E-state index in [1.165, 1.54) is 13.3 Å². The Morgan fingerprint density at radius 2 is 1.84 bits per heavy atom. The third kappa shape index (κ3) is 8.07. The van der Waals surface area contributed by atoms with Crippen molar-refractivity contribution in [3.63, 3.8) is 0 Å². The lowest BCUT2D eigenvalue weighted by Gasteiger charge is -2.12. The number of nitrogens with one attached hydrogen (secondary N) is 2. The lowest BCUT2D eigenvalue weighted by Crippen LogP contribution is -2.20. The van der Waals surface area contributed by atoms with Gasteiger partial charge in [0.25, 0.3) is 0 Å². The number of nitrogens with zero attached hydrogens (tertiary/aromatic N) is 1. The van der Waals surface area contributed by atoms with E-state index in [1.54, 1.807) is 42.5 Å². The Morgan fingerprint density at radius 3 is 2.50 bits per heavy atom. The maximum Gasteiger partial charge on any atom is 0.240 e. The van der Waals surface area contributed by atoms with Crippen LogP contribution in [0.4, 0.5) is 5.69 Å². The number of anilines is 1. The van der Waals surface area contributed by atoms with Gasteiger partial charge in [-0.25, -0.2) is 5.43 Å². The molecular weight excluding hydrogens is 478 g/mol. The van der Waals surface area contributed by atoms with Crippen molar-refractivity contribution in [1.82, 2.24) is 5.43 Å². The lowest BCUT2D eigenvalue weighted by molar-refractivity contribution is -0.124. The SMILES string of the molecule is C=CCOc1c(Br)cc(C=NNC(=O)CCC(=O)Nc2ccc(OCC)cc2)cc1OC. The zero-order valence-electron chi connectivity index (χ0n) is 18.0. The Hall–Kier alpha value is -3.33. The topological polar surface area (TPSA) is 98.2 Å². The number of hydrogen-bond donors (Lipinski definition) is 2. The second-order valence-electron chi connectivity index (χ2n) is 6.43. The number of amides is 2. The van der Waals surface area contributed by atoms with Crippen molar-refractivity contribution in [3.05, 3.63) is 59.1 Å². The van der Waals surface area contributed by atoms with E-state index in [-0.39, 0.29) is 24.7 Å². The van der Waals surface area contributed by atoms with Gasteiger partial charge >= 0.3 is 0 Å². The van der Waals surface area contributed by atoms with Crippen LogP contribution in [-0.4, -0.2) is 38.4 Å². The van der Waals surface area contributed by atoms with E-state index in [1.807, 2.05) is 6.92 Å². The molecule has 0 saturated heterocycles. The average molecular weight is 504 g/mol. The Balaban J connectivity index is 1.82. The Bertz CT molecular complexity index is 961. The number of carbonyl (C=O) groups excluding carboxylic acids is 2. The summed E-state index contributed by atoms with van der Waals surface area (Å²) in [6.45, 7) is 6.43. The third-order valence-corrected chi connectivity index (χ3v) is 4.62. The fourth-order valence-corrected chi connectivity index (χ4v) is 3.16. The fraction of sp³-hybridized carbons (Fsp3) is 0.261. The van der Waals surface area contributed by atoms with Gasteiger partial charge in [0.1, 0.15) is 12.4 Å². The van der Waals surface area contributed by atoms with Gasteiger partial charge in [-0.3, -0.25) is 9.59 Å². The highest BCUT2D eigenvalue weighted by Crippen LogP contribution is 2.36. The van der Waals surface area contributed by atoms with Gasteiger partial charge < -0.3 is 19.5 Å². The lowest BCUT2D eigenvalue weighted by atomic mass is 10.2. The molecule has 32 heavy (non-hydrogen) atoms. The van der Waals surface area contributed by atoms with Gasteiger partial charge in [0.15, 0.2) is 11.5 Å². The summed E-state index contributed by atoms with van der Waals surface area (Å²) < 4.78 is 16.9. The first kappa shape index (κ1) is 24.9. The molecule has 0 atom stereocenters. The number of ether oxygens (including phenoxy) is 3. The molecule has 0 saturated carbocycles. The fourth-order valence-electron chi connectivity index (χ4n) is 2.58. The Labute approximate surface area is 195 Å². The van der Waals surface area contributed by atoms with Gasteiger partial charge in [-0.1, -0.05) is 12.7 Å². The van der Waals surface area contributed by atoms with E-state index in [2.05, 4.69) is 38.4 Å². The molecule has 0 heterocycles. The summed E-state index contributed by atoms with van der Waals surface area (Å²) in [5.41, 5.74) is 3.74. The number of hydrogen-bond acceptors (Lipinski definition) is 6. The molecule has 2 rings (SSSR count). The summed E-state index contributed by atoms with van der Waals surface area (Å²) in [6, 6.07) is 10.5. The van der Waals surface area contributed by atoms with E-state index in [0.29, 0.717) is 40.4 Å². The zero-order chi connectivity index (χ0) is 23.3. The molecule has 0 fully saturated rings. The van der Waals surface area contributed by atoms with Crippen LogP contribution in [0.3, 0.4) is 0 Å². The van der Waals surface area contributed by atoms with Crippen molar-refractivity contribution < 1.29 is 23.8 Å². The second kappa shape index (κ2) is 13.2. The van der Waals surface area contributed by atoms with Crippen LogP contribution in [-0.2, 0) is 9.59 Å². The second-order valence-corrected chi connectivity index (χ2v) is 7.29. The molecule has 0 aliphatic heterocycles. The molecule has 0 spiro atoms. The van der Waals surface area contributed by atoms with E-state index >= 15 is 0 Å². The normalized spacial score (nSPS) is 10.5. The van der Waals surface area contributed by atoms with Crippen LogP contribution in [0, 0.1) is 0 Å². The van der Waals surface area contributed by atoms with E-state index in [0.717, 1.165) is 5.75 Å². The molecule has 170 valence electrons. The monoisotopic (exact) mass is 503 g/mol. The summed E-state index contributed by atoms with van der Waals surface area (Å²) in [4.78, 5) is 24.0. The first-order chi connectivity index (χ1) is 15.5. The number of rotatable bonds is 12. The minimum Gasteiger partial charge on any atom is -0.494 e. The Kier molecular flexibility index (Phi) is 10.3. The summed E-state index contributed by atoms with van der Waals surface area (Å²) in [5, 5.41) is 6.67. The van der Waals surface area contributed by atoms with Gasteiger partial charge in [0.05, 0.1) is 24.4 Å². The molecular formula is C23H26BrN3O5. The molecule has 0 unspecified atom stereocenters. The molecule has 0 aromatic heterocycles. The van der Waals surface area contributed by atoms with Crippen molar-refractivity contribution >= 4 is 39.6 Å². The highest BCUT2D eigenvalue weighted by molar-refractivity contribution is 9.10. The van der Waals surface area contributed by atoms with E-state index in [9.17, 15) is 9.59 Å². The maximum absolute atomic E-state index is 12.0. The predicted octanol–water partition coefficient (Wildman–Crippen LogP) is 4.29. The van der Waals surface area contributed by atoms with E-state index < -0.39 is 0 Å². The van der Waals surface area contributed by atoms with Crippen molar-refractivity contribution in [3.8, 4) is 17.2 Å². The molecule has 0 bridgehead atoms. The van der Waals surface area contributed by atoms with E-state index in [4.69, 9.17) is 14.2 Å². The molecule has 9 heteroatoms. The predicted molar refractivity (Wildman–Crippen MR) is 128 cm³/mol. The number of halogens is 1. The number of benzene rings is 2. The molecule has 2 N–H and O–H groups in total. The largest absolute Gasteiger partial charge is 0.494 e. The average Bonchev–Trinajstić information content (AvgIpc) is 2.78. The van der Waals surface area contributed by atoms with Crippen LogP contribution in [0.2, 0.25) is 0 Å². The van der Waals surface area contributed by atoms with Gasteiger partial charge in [0.2, 0.25) is 11.8 Å². The Morgan fingerprint density at radius 1 is 1.12 bits per heavy atom. The smallest absolute Gasteiger partial charge is 0.240 e. The highest BCUT2D eigenvalue weighted by Gasteiger charge is 2.11. The molecule has 2 amide bonds. The van der Waals surface area contributed by atoms with Crippen LogP contribution in [0.15, 0.2) is 58.6 Å². The molecule has 0 aliphatic rings. The molecule has 2 aromatic carbocycles. The first-order valence-electron chi connectivity index (χ1n) is 9.92. The molecule has 2 aromatic rings. The third-order valence-electron chi connectivity index (χ3n) is 4.03. The molecule has 0 radical (unpaired) electrons. The minimum atomic E-state index is -0.375. The summed E-state index contributed by atoms with van der Waals surface area (Å²) in [5.74, 6) is 1.15. The van der Waals surface area contributed by atoms with Crippen molar-refractivity contribution in [2.45, 2.75) is 19.8 Å². The van der Waals surface area contributed by atoms with Gasteiger partial charge in [0, 0.05) is 18.5 Å². The van der Waals surface area contributed by atoms with Gasteiger partial charge in [-0.15, -0.1) is 0 Å². The summed E-state index contributed by atoms with van der Waals surface area (Å²) >= 11 is 3.43. The van der Waals surface area contributed by atoms with Gasteiger partial charge in [-0.2, -0.15) is 5.10 Å². The number of methoxy groups -OCH3 is 1. The zero-order valence-corrected chi connectivity index (χ0v) is 19.6. The van der Waals surface area contributed by atoms with Crippen LogP contribution in [0.25, 0.3) is 0 Å². The van der Waals surface area contributed by atoms with Crippen molar-refractivity contribution in [2.24, 2.45) is 5.10 Å². The summed E-state index contributed by atoms with van der Waals surface area (Å²) in [7, 11) is 1.53.